The Bertz CT molecular complexity index is 421. The number of halogens is 1. The SMILES string of the molecule is Cc1cc(CBr)cc(C#N)c1C(=O)O. The van der Waals surface area contributed by atoms with Crippen LogP contribution in [0.4, 0.5) is 0 Å². The van der Waals surface area contributed by atoms with Gasteiger partial charge in [0.05, 0.1) is 11.1 Å². The number of alkyl halides is 1. The zero-order valence-electron chi connectivity index (χ0n) is 7.54. The van der Waals surface area contributed by atoms with Gasteiger partial charge in [-0.2, -0.15) is 5.26 Å². The fraction of sp³-hybridized carbons (Fsp3) is 0.200. The first kappa shape index (κ1) is 10.7. The third kappa shape index (κ3) is 1.94. The summed E-state index contributed by atoms with van der Waals surface area (Å²) in [6, 6.07) is 5.24. The molecule has 1 N–H and O–H groups in total. The molecule has 0 amide bonds. The Balaban J connectivity index is 3.44. The van der Waals surface area contributed by atoms with E-state index in [4.69, 9.17) is 10.4 Å². The highest BCUT2D eigenvalue weighted by molar-refractivity contribution is 9.08. The van der Waals surface area contributed by atoms with Crippen LogP contribution in [-0.4, -0.2) is 11.1 Å². The summed E-state index contributed by atoms with van der Waals surface area (Å²) in [6.07, 6.45) is 0. The fourth-order valence-electron chi connectivity index (χ4n) is 1.31. The van der Waals surface area contributed by atoms with E-state index in [9.17, 15) is 4.79 Å². The van der Waals surface area contributed by atoms with E-state index < -0.39 is 5.97 Å². The van der Waals surface area contributed by atoms with Gasteiger partial charge in [0.15, 0.2) is 0 Å². The normalized spacial score (nSPS) is 9.50. The average Bonchev–Trinajstić information content (AvgIpc) is 2.15. The first-order valence-corrected chi connectivity index (χ1v) is 5.05. The van der Waals surface area contributed by atoms with Gasteiger partial charge in [-0.15, -0.1) is 0 Å². The lowest BCUT2D eigenvalue weighted by Gasteiger charge is -2.05. The predicted octanol–water partition coefficient (Wildman–Crippen LogP) is 2.46. The summed E-state index contributed by atoms with van der Waals surface area (Å²) in [5.41, 5.74) is 1.83. The molecule has 1 aromatic rings. The van der Waals surface area contributed by atoms with Gasteiger partial charge in [-0.25, -0.2) is 4.79 Å². The maximum atomic E-state index is 10.8. The number of rotatable bonds is 2. The molecule has 0 aliphatic heterocycles. The van der Waals surface area contributed by atoms with Gasteiger partial charge in [0.2, 0.25) is 0 Å². The third-order valence-electron chi connectivity index (χ3n) is 1.88. The lowest BCUT2D eigenvalue weighted by Crippen LogP contribution is -2.04. The fourth-order valence-corrected chi connectivity index (χ4v) is 1.63. The molecular weight excluding hydrogens is 246 g/mol. The van der Waals surface area contributed by atoms with Crippen molar-refractivity contribution in [2.45, 2.75) is 12.3 Å². The van der Waals surface area contributed by atoms with Gasteiger partial charge in [-0.3, -0.25) is 0 Å². The Morgan fingerprint density at radius 3 is 2.71 bits per heavy atom. The second kappa shape index (κ2) is 4.25. The molecule has 0 radical (unpaired) electrons. The molecule has 0 saturated carbocycles. The monoisotopic (exact) mass is 253 g/mol. The van der Waals surface area contributed by atoms with Gasteiger partial charge in [0.25, 0.3) is 0 Å². The number of nitrogens with zero attached hydrogens (tertiary/aromatic N) is 1. The number of benzene rings is 1. The van der Waals surface area contributed by atoms with Crippen LogP contribution in [0.5, 0.6) is 0 Å². The number of hydrogen-bond acceptors (Lipinski definition) is 2. The summed E-state index contributed by atoms with van der Waals surface area (Å²) in [5, 5.41) is 18.3. The lowest BCUT2D eigenvalue weighted by molar-refractivity contribution is 0.0696. The van der Waals surface area contributed by atoms with E-state index in [2.05, 4.69) is 15.9 Å². The van der Waals surface area contributed by atoms with Crippen molar-refractivity contribution in [3.63, 3.8) is 0 Å². The van der Waals surface area contributed by atoms with E-state index in [1.165, 1.54) is 0 Å². The predicted molar refractivity (Wildman–Crippen MR) is 55.5 cm³/mol. The van der Waals surface area contributed by atoms with Crippen molar-refractivity contribution in [3.8, 4) is 6.07 Å². The quantitative estimate of drug-likeness (QED) is 0.824. The number of aryl methyl sites for hydroxylation is 1. The molecule has 0 aliphatic rings. The van der Waals surface area contributed by atoms with Gasteiger partial charge in [0.1, 0.15) is 6.07 Å². The molecule has 0 heterocycles. The number of nitriles is 1. The summed E-state index contributed by atoms with van der Waals surface area (Å²) in [6.45, 7) is 1.69. The Labute approximate surface area is 90.1 Å². The van der Waals surface area contributed by atoms with Gasteiger partial charge in [-0.05, 0) is 24.1 Å². The van der Waals surface area contributed by atoms with Crippen molar-refractivity contribution in [2.75, 3.05) is 0 Å². The topological polar surface area (TPSA) is 61.1 Å². The maximum absolute atomic E-state index is 10.8. The number of hydrogen-bond donors (Lipinski definition) is 1. The van der Waals surface area contributed by atoms with Crippen molar-refractivity contribution >= 4 is 21.9 Å². The Hall–Kier alpha value is -1.34. The van der Waals surface area contributed by atoms with Gasteiger partial charge >= 0.3 is 5.97 Å². The van der Waals surface area contributed by atoms with E-state index >= 15 is 0 Å². The molecule has 0 aliphatic carbocycles. The minimum atomic E-state index is -1.06. The average molecular weight is 254 g/mol. The van der Waals surface area contributed by atoms with Crippen LogP contribution in [-0.2, 0) is 5.33 Å². The highest BCUT2D eigenvalue weighted by Gasteiger charge is 2.13. The standard InChI is InChI=1S/C10H8BrNO2/c1-6-2-7(4-11)3-8(5-12)9(6)10(13)14/h2-3H,4H2,1H3,(H,13,14). The van der Waals surface area contributed by atoms with E-state index in [0.717, 1.165) is 5.56 Å². The third-order valence-corrected chi connectivity index (χ3v) is 2.53. The highest BCUT2D eigenvalue weighted by atomic mass is 79.9. The van der Waals surface area contributed by atoms with E-state index in [0.29, 0.717) is 10.9 Å². The second-order valence-corrected chi connectivity index (χ2v) is 3.45. The van der Waals surface area contributed by atoms with Crippen molar-refractivity contribution in [1.82, 2.24) is 0 Å². The number of carbonyl (C=O) groups is 1. The Kier molecular flexibility index (Phi) is 3.26. The molecule has 0 bridgehead atoms. The molecule has 0 saturated heterocycles. The number of carboxylic acids is 1. The van der Waals surface area contributed by atoms with Crippen molar-refractivity contribution in [1.29, 1.82) is 5.26 Å². The van der Waals surface area contributed by atoms with Crippen LogP contribution in [0, 0.1) is 18.3 Å². The summed E-state index contributed by atoms with van der Waals surface area (Å²) in [4.78, 5) is 10.8. The van der Waals surface area contributed by atoms with Gasteiger partial charge < -0.3 is 5.11 Å². The van der Waals surface area contributed by atoms with E-state index in [1.807, 2.05) is 6.07 Å². The van der Waals surface area contributed by atoms with Crippen LogP contribution in [0.2, 0.25) is 0 Å². The minimum Gasteiger partial charge on any atom is -0.478 e. The van der Waals surface area contributed by atoms with Gasteiger partial charge in [-0.1, -0.05) is 22.0 Å². The minimum absolute atomic E-state index is 0.0946. The van der Waals surface area contributed by atoms with Crippen molar-refractivity contribution in [2.24, 2.45) is 0 Å². The maximum Gasteiger partial charge on any atom is 0.337 e. The van der Waals surface area contributed by atoms with E-state index in [-0.39, 0.29) is 11.1 Å². The molecule has 0 fully saturated rings. The van der Waals surface area contributed by atoms with Crippen molar-refractivity contribution < 1.29 is 9.90 Å². The smallest absolute Gasteiger partial charge is 0.337 e. The van der Waals surface area contributed by atoms with Crippen LogP contribution in [0.25, 0.3) is 0 Å². The molecule has 0 unspecified atom stereocenters. The Morgan fingerprint density at radius 2 is 2.29 bits per heavy atom. The van der Waals surface area contributed by atoms with Gasteiger partial charge in [0, 0.05) is 5.33 Å². The summed E-state index contributed by atoms with van der Waals surface area (Å²) in [5.74, 6) is -1.06. The van der Waals surface area contributed by atoms with Crippen LogP contribution in [0.15, 0.2) is 12.1 Å². The van der Waals surface area contributed by atoms with Crippen molar-refractivity contribution in [3.05, 3.63) is 34.4 Å². The summed E-state index contributed by atoms with van der Waals surface area (Å²) < 4.78 is 0. The molecule has 72 valence electrons. The molecule has 1 rings (SSSR count). The number of aromatic carboxylic acids is 1. The van der Waals surface area contributed by atoms with Crippen LogP contribution in [0.3, 0.4) is 0 Å². The summed E-state index contributed by atoms with van der Waals surface area (Å²) >= 11 is 3.26. The Morgan fingerprint density at radius 1 is 1.64 bits per heavy atom. The van der Waals surface area contributed by atoms with Crippen LogP contribution in [0.1, 0.15) is 27.0 Å². The van der Waals surface area contributed by atoms with E-state index in [1.54, 1.807) is 19.1 Å². The molecule has 0 spiro atoms. The molecule has 3 nitrogen and oxygen atoms in total. The first-order valence-electron chi connectivity index (χ1n) is 3.93. The second-order valence-electron chi connectivity index (χ2n) is 2.89. The molecule has 14 heavy (non-hydrogen) atoms. The number of carboxylic acid groups (broad SMARTS) is 1. The van der Waals surface area contributed by atoms with Crippen LogP contribution < -0.4 is 0 Å². The molecular formula is C10H8BrNO2. The molecule has 0 atom stereocenters. The molecule has 4 heteroatoms. The zero-order valence-corrected chi connectivity index (χ0v) is 9.13. The summed E-state index contributed by atoms with van der Waals surface area (Å²) in [7, 11) is 0. The molecule has 0 aromatic heterocycles. The molecule has 1 aromatic carbocycles. The van der Waals surface area contributed by atoms with Crippen LogP contribution >= 0.6 is 15.9 Å². The highest BCUT2D eigenvalue weighted by Crippen LogP contribution is 2.18. The largest absolute Gasteiger partial charge is 0.478 e. The zero-order chi connectivity index (χ0) is 10.7. The first-order chi connectivity index (χ1) is 6.60. The lowest BCUT2D eigenvalue weighted by atomic mass is 10.00.